The number of carboxylic acid groups (broad SMARTS) is 1. The van der Waals surface area contributed by atoms with Gasteiger partial charge in [-0.25, -0.2) is 9.18 Å². The highest BCUT2D eigenvalue weighted by molar-refractivity contribution is 6.74. The van der Waals surface area contributed by atoms with E-state index in [1.165, 1.54) is 23.1 Å². The molecule has 2 aromatic rings. The lowest BCUT2D eigenvalue weighted by atomic mass is 10.0. The van der Waals surface area contributed by atoms with Crippen LogP contribution in [0.15, 0.2) is 42.7 Å². The molecule has 1 aliphatic rings. The number of benzene rings is 1. The number of carbonyl (C=O) groups is 1. The van der Waals surface area contributed by atoms with E-state index in [4.69, 9.17) is 4.43 Å². The van der Waals surface area contributed by atoms with E-state index in [9.17, 15) is 24.4 Å². The van der Waals surface area contributed by atoms with Crippen LogP contribution in [0.2, 0.25) is 18.1 Å². The van der Waals surface area contributed by atoms with Gasteiger partial charge in [0.15, 0.2) is 8.32 Å². The van der Waals surface area contributed by atoms with Crippen LogP contribution in [0.1, 0.15) is 50.8 Å². The molecule has 8 nitrogen and oxygen atoms in total. The van der Waals surface area contributed by atoms with Crippen molar-refractivity contribution in [3.8, 4) is 0 Å². The second-order valence-corrected chi connectivity index (χ2v) is 15.1. The van der Waals surface area contributed by atoms with E-state index in [0.717, 1.165) is 11.8 Å². The minimum absolute atomic E-state index is 0.00965. The van der Waals surface area contributed by atoms with Gasteiger partial charge in [0.2, 0.25) is 0 Å². The summed E-state index contributed by atoms with van der Waals surface area (Å²) in [6.07, 6.45) is 2.53. The molecule has 0 unspecified atom stereocenters. The first-order chi connectivity index (χ1) is 15.8. The van der Waals surface area contributed by atoms with Gasteiger partial charge in [-0.15, -0.1) is 0 Å². The second kappa shape index (κ2) is 9.79. The summed E-state index contributed by atoms with van der Waals surface area (Å²) in [6, 6.07) is 6.71. The van der Waals surface area contributed by atoms with E-state index >= 15 is 0 Å². The molecule has 1 amide bonds. The van der Waals surface area contributed by atoms with E-state index in [1.807, 2.05) is 0 Å². The number of nitro benzene ring substituents is 1. The lowest BCUT2D eigenvalue weighted by Gasteiger charge is -2.42. The van der Waals surface area contributed by atoms with E-state index in [0.29, 0.717) is 24.8 Å². The molecular formula is C24H32FN3O5Si. The van der Waals surface area contributed by atoms with Crippen molar-refractivity contribution in [2.24, 2.45) is 0 Å². The zero-order valence-electron chi connectivity index (χ0n) is 20.2. The van der Waals surface area contributed by atoms with E-state index in [2.05, 4.69) is 38.8 Å². The summed E-state index contributed by atoms with van der Waals surface area (Å²) in [5.74, 6) is -0.497. The largest absolute Gasteiger partial charge is 0.465 e. The third-order valence-electron chi connectivity index (χ3n) is 7.02. The van der Waals surface area contributed by atoms with Crippen molar-refractivity contribution >= 4 is 20.1 Å². The molecule has 0 saturated carbocycles. The van der Waals surface area contributed by atoms with Gasteiger partial charge in [0.1, 0.15) is 5.82 Å². The third-order valence-corrected chi connectivity index (χ3v) is 11.5. The lowest BCUT2D eigenvalue weighted by molar-refractivity contribution is -0.384. The van der Waals surface area contributed by atoms with Gasteiger partial charge in [0.05, 0.1) is 23.3 Å². The number of aromatic nitrogens is 1. The van der Waals surface area contributed by atoms with Crippen LogP contribution >= 0.6 is 0 Å². The first-order valence-electron chi connectivity index (χ1n) is 11.3. The molecule has 10 heteroatoms. The average Bonchev–Trinajstić information content (AvgIpc) is 3.15. The Balaban J connectivity index is 1.93. The monoisotopic (exact) mass is 489 g/mol. The summed E-state index contributed by atoms with van der Waals surface area (Å²) < 4.78 is 20.8. The fourth-order valence-corrected chi connectivity index (χ4v) is 5.46. The molecule has 1 fully saturated rings. The van der Waals surface area contributed by atoms with Crippen LogP contribution in [0.25, 0.3) is 0 Å². The van der Waals surface area contributed by atoms with Gasteiger partial charge in [-0.1, -0.05) is 32.9 Å². The number of rotatable bonds is 7. The molecule has 3 atom stereocenters. The predicted octanol–water partition coefficient (Wildman–Crippen LogP) is 5.95. The van der Waals surface area contributed by atoms with Gasteiger partial charge in [-0.2, -0.15) is 0 Å². The van der Waals surface area contributed by atoms with Crippen LogP contribution in [0, 0.1) is 15.9 Å². The summed E-state index contributed by atoms with van der Waals surface area (Å²) in [5, 5.41) is 21.0. The Kier molecular flexibility index (Phi) is 7.42. The van der Waals surface area contributed by atoms with Crippen LogP contribution in [-0.4, -0.2) is 46.4 Å². The van der Waals surface area contributed by atoms with Crippen molar-refractivity contribution in [1.29, 1.82) is 0 Å². The number of likely N-dealkylation sites (tertiary alicyclic amines) is 1. The smallest absolute Gasteiger partial charge is 0.407 e. The summed E-state index contributed by atoms with van der Waals surface area (Å²) in [5.41, 5.74) is 1.33. The number of nitrogens with zero attached hydrogens (tertiary/aromatic N) is 3. The van der Waals surface area contributed by atoms with Gasteiger partial charge < -0.3 is 9.53 Å². The molecule has 0 spiro atoms. The van der Waals surface area contributed by atoms with Gasteiger partial charge in [0.25, 0.3) is 5.69 Å². The zero-order valence-corrected chi connectivity index (χ0v) is 21.2. The summed E-state index contributed by atoms with van der Waals surface area (Å²) in [7, 11) is -2.35. The minimum Gasteiger partial charge on any atom is -0.465 e. The zero-order chi connectivity index (χ0) is 25.3. The normalized spacial score (nSPS) is 19.8. The molecule has 3 rings (SSSR count). The fraction of sp³-hybridized carbons (Fsp3) is 0.500. The molecule has 0 bridgehead atoms. The van der Waals surface area contributed by atoms with Gasteiger partial charge >= 0.3 is 6.09 Å². The van der Waals surface area contributed by atoms with Gasteiger partial charge in [0, 0.05) is 29.9 Å². The van der Waals surface area contributed by atoms with Crippen LogP contribution in [0.4, 0.5) is 14.9 Å². The molecule has 0 radical (unpaired) electrons. The number of pyridine rings is 1. The maximum atomic E-state index is 14.1. The number of halogens is 1. The van der Waals surface area contributed by atoms with Gasteiger partial charge in [-0.05, 0) is 49.0 Å². The summed E-state index contributed by atoms with van der Waals surface area (Å²) >= 11 is 0. The number of non-ortho nitro benzene ring substituents is 1. The molecule has 34 heavy (non-hydrogen) atoms. The first-order valence-corrected chi connectivity index (χ1v) is 14.2. The van der Waals surface area contributed by atoms with Crippen LogP contribution in [0.5, 0.6) is 0 Å². The Morgan fingerprint density at radius 2 is 1.94 bits per heavy atom. The molecule has 1 saturated heterocycles. The Morgan fingerprint density at radius 1 is 1.29 bits per heavy atom. The topological polar surface area (TPSA) is 106 Å². The summed E-state index contributed by atoms with van der Waals surface area (Å²) in [6.45, 7) is 10.5. The summed E-state index contributed by atoms with van der Waals surface area (Å²) in [4.78, 5) is 28.3. The molecule has 184 valence electrons. The maximum absolute atomic E-state index is 14.1. The number of hydrogen-bond donors (Lipinski definition) is 1. The van der Waals surface area contributed by atoms with Crippen LogP contribution < -0.4 is 0 Å². The predicted molar refractivity (Wildman–Crippen MR) is 129 cm³/mol. The number of nitro groups is 1. The van der Waals surface area contributed by atoms with E-state index in [1.54, 1.807) is 18.3 Å². The molecule has 1 aromatic carbocycles. The molecule has 2 heterocycles. The van der Waals surface area contributed by atoms with Crippen molar-refractivity contribution < 1.29 is 23.6 Å². The maximum Gasteiger partial charge on any atom is 0.407 e. The standard InChI is InChI=1S/C24H32FN3O5Si/c1-24(2,3)34(4,5)33-22(17-13-18(25)15-26-14-17)21-11-10-20(27(21)23(29)30)12-16-6-8-19(9-7-16)28(31)32/h6-9,13-15,20-22H,10-12H2,1-5H3,(H,29,30)/t20-,21+,22+/m0/s1. The van der Waals surface area contributed by atoms with Crippen molar-refractivity contribution in [3.63, 3.8) is 0 Å². The molecular weight excluding hydrogens is 457 g/mol. The first kappa shape index (κ1) is 25.8. The lowest BCUT2D eigenvalue weighted by Crippen LogP contribution is -2.49. The SMILES string of the molecule is CC(C)(C)[Si](C)(C)O[C@H](c1cncc(F)c1)[C@H]1CC[C@@H](Cc2ccc([N+](=O)[O-])cc2)N1C(=O)O. The van der Waals surface area contributed by atoms with Crippen molar-refractivity contribution in [3.05, 3.63) is 69.8 Å². The Morgan fingerprint density at radius 3 is 2.47 bits per heavy atom. The van der Waals surface area contributed by atoms with E-state index < -0.39 is 37.3 Å². The molecule has 1 aromatic heterocycles. The van der Waals surface area contributed by atoms with Crippen molar-refractivity contribution in [2.75, 3.05) is 0 Å². The number of hydrogen-bond acceptors (Lipinski definition) is 5. The van der Waals surface area contributed by atoms with Crippen molar-refractivity contribution in [1.82, 2.24) is 9.88 Å². The fourth-order valence-electron chi connectivity index (χ4n) is 4.18. The van der Waals surface area contributed by atoms with Crippen LogP contribution in [-0.2, 0) is 10.8 Å². The highest BCUT2D eigenvalue weighted by atomic mass is 28.4. The quantitative estimate of drug-likeness (QED) is 0.293. The Labute approximate surface area is 200 Å². The Hall–Kier alpha value is -2.85. The minimum atomic E-state index is -2.35. The number of amides is 1. The second-order valence-electron chi connectivity index (χ2n) is 10.4. The average molecular weight is 490 g/mol. The van der Waals surface area contributed by atoms with Crippen LogP contribution in [0.3, 0.4) is 0 Å². The highest BCUT2D eigenvalue weighted by Crippen LogP contribution is 2.44. The molecule has 0 aliphatic carbocycles. The Bertz CT molecular complexity index is 1040. The van der Waals surface area contributed by atoms with E-state index in [-0.39, 0.29) is 16.8 Å². The highest BCUT2D eigenvalue weighted by Gasteiger charge is 2.47. The third kappa shape index (κ3) is 5.61. The molecule has 1 aliphatic heterocycles. The molecule has 1 N–H and O–H groups in total. The van der Waals surface area contributed by atoms with Gasteiger partial charge in [-0.3, -0.25) is 20.0 Å². The van der Waals surface area contributed by atoms with Crippen molar-refractivity contribution in [2.45, 2.75) is 76.4 Å².